The van der Waals surface area contributed by atoms with Crippen LogP contribution >= 0.6 is 11.8 Å². The summed E-state index contributed by atoms with van der Waals surface area (Å²) in [6.45, 7) is 4.10. The molecule has 0 amide bonds. The van der Waals surface area contributed by atoms with Crippen molar-refractivity contribution >= 4 is 17.7 Å². The Bertz CT molecular complexity index is 176. The fourth-order valence-corrected chi connectivity index (χ4v) is 2.51. The Hall–Kier alpha value is -0.250. The lowest BCUT2D eigenvalue weighted by molar-refractivity contribution is -0.142. The van der Waals surface area contributed by atoms with E-state index in [9.17, 15) is 9.18 Å². The number of alkyl halides is 1. The van der Waals surface area contributed by atoms with Gasteiger partial charge in [-0.15, -0.1) is 11.8 Å². The molecule has 0 saturated heterocycles. The Morgan fingerprint density at radius 3 is 2.62 bits per heavy atom. The molecule has 1 unspecified atom stereocenters. The molecule has 0 N–H and O–H groups in total. The van der Waals surface area contributed by atoms with E-state index in [0.717, 1.165) is 31.4 Å². The first-order valence-electron chi connectivity index (χ1n) is 6.10. The normalized spacial score (nSPS) is 12.4. The highest BCUT2D eigenvalue weighted by Crippen LogP contribution is 2.20. The van der Waals surface area contributed by atoms with Gasteiger partial charge in [0.2, 0.25) is 0 Å². The second kappa shape index (κ2) is 11.2. The van der Waals surface area contributed by atoms with Gasteiger partial charge in [-0.2, -0.15) is 0 Å². The predicted octanol–water partition coefficient (Wildman–Crippen LogP) is 3.59. The highest BCUT2D eigenvalue weighted by atomic mass is 32.2. The van der Waals surface area contributed by atoms with E-state index in [-0.39, 0.29) is 17.9 Å². The number of esters is 1. The molecular formula is C12H23FO2S. The Morgan fingerprint density at radius 2 is 2.06 bits per heavy atom. The molecule has 0 aliphatic rings. The fraction of sp³-hybridized carbons (Fsp3) is 0.917. The number of hydrogen-bond donors (Lipinski definition) is 0. The molecule has 0 bridgehead atoms. The largest absolute Gasteiger partial charge is 0.465 e. The van der Waals surface area contributed by atoms with E-state index in [1.807, 2.05) is 6.92 Å². The molecule has 16 heavy (non-hydrogen) atoms. The molecule has 0 aromatic heterocycles. The SMILES string of the molecule is CCCCC(SCCCCF)C(=O)OCC. The number of ether oxygens (including phenoxy) is 1. The number of carbonyl (C=O) groups excluding carboxylic acids is 1. The zero-order valence-electron chi connectivity index (χ0n) is 10.3. The van der Waals surface area contributed by atoms with Gasteiger partial charge in [-0.05, 0) is 31.9 Å². The van der Waals surface area contributed by atoms with Gasteiger partial charge in [-0.25, -0.2) is 0 Å². The second-order valence-corrected chi connectivity index (χ2v) is 4.96. The summed E-state index contributed by atoms with van der Waals surface area (Å²) in [4.78, 5) is 11.6. The first-order valence-corrected chi connectivity index (χ1v) is 7.15. The quantitative estimate of drug-likeness (QED) is 0.438. The molecule has 1 atom stereocenters. The molecule has 0 saturated carbocycles. The lowest BCUT2D eigenvalue weighted by Crippen LogP contribution is -2.20. The Balaban J connectivity index is 3.84. The average molecular weight is 250 g/mol. The molecule has 96 valence electrons. The predicted molar refractivity (Wildman–Crippen MR) is 67.6 cm³/mol. The van der Waals surface area contributed by atoms with E-state index in [4.69, 9.17) is 4.74 Å². The van der Waals surface area contributed by atoms with Gasteiger partial charge in [0.1, 0.15) is 5.25 Å². The van der Waals surface area contributed by atoms with Crippen molar-refractivity contribution < 1.29 is 13.9 Å². The summed E-state index contributed by atoms with van der Waals surface area (Å²) in [7, 11) is 0. The van der Waals surface area contributed by atoms with Crippen LogP contribution in [0.2, 0.25) is 0 Å². The third kappa shape index (κ3) is 7.97. The summed E-state index contributed by atoms with van der Waals surface area (Å²) in [5.41, 5.74) is 0. The van der Waals surface area contributed by atoms with Crippen LogP contribution in [0.15, 0.2) is 0 Å². The molecule has 0 heterocycles. The Labute approximate surface area is 102 Å². The van der Waals surface area contributed by atoms with Crippen LogP contribution in [-0.2, 0) is 9.53 Å². The van der Waals surface area contributed by atoms with Crippen LogP contribution in [0.5, 0.6) is 0 Å². The van der Waals surface area contributed by atoms with Gasteiger partial charge in [-0.1, -0.05) is 19.8 Å². The first-order chi connectivity index (χ1) is 7.76. The summed E-state index contributed by atoms with van der Waals surface area (Å²) < 4.78 is 16.9. The van der Waals surface area contributed by atoms with Crippen molar-refractivity contribution in [3.05, 3.63) is 0 Å². The third-order valence-electron chi connectivity index (χ3n) is 2.22. The van der Waals surface area contributed by atoms with Crippen LogP contribution in [-0.4, -0.2) is 30.3 Å². The third-order valence-corrected chi connectivity index (χ3v) is 3.57. The number of carbonyl (C=O) groups is 1. The lowest BCUT2D eigenvalue weighted by Gasteiger charge is -2.14. The van der Waals surface area contributed by atoms with Crippen molar-refractivity contribution in [3.63, 3.8) is 0 Å². The molecule has 0 radical (unpaired) electrons. The van der Waals surface area contributed by atoms with Crippen LogP contribution in [0.4, 0.5) is 4.39 Å². The smallest absolute Gasteiger partial charge is 0.319 e. The average Bonchev–Trinajstić information content (AvgIpc) is 2.28. The van der Waals surface area contributed by atoms with E-state index in [0.29, 0.717) is 13.0 Å². The minimum atomic E-state index is -0.264. The monoisotopic (exact) mass is 250 g/mol. The van der Waals surface area contributed by atoms with Crippen molar-refractivity contribution in [1.82, 2.24) is 0 Å². The van der Waals surface area contributed by atoms with Crippen molar-refractivity contribution in [2.24, 2.45) is 0 Å². The molecule has 0 fully saturated rings. The van der Waals surface area contributed by atoms with Gasteiger partial charge in [0.05, 0.1) is 13.3 Å². The minimum Gasteiger partial charge on any atom is -0.465 e. The maximum absolute atomic E-state index is 11.9. The van der Waals surface area contributed by atoms with Gasteiger partial charge < -0.3 is 4.74 Å². The van der Waals surface area contributed by atoms with E-state index >= 15 is 0 Å². The summed E-state index contributed by atoms with van der Waals surface area (Å²) in [6.07, 6.45) is 4.43. The molecule has 0 spiro atoms. The minimum absolute atomic E-state index is 0.0560. The highest BCUT2D eigenvalue weighted by Gasteiger charge is 2.19. The summed E-state index contributed by atoms with van der Waals surface area (Å²) in [5, 5.41) is -0.0560. The Kier molecular flexibility index (Phi) is 11.1. The summed E-state index contributed by atoms with van der Waals surface area (Å²) in [6, 6.07) is 0. The van der Waals surface area contributed by atoms with Crippen LogP contribution < -0.4 is 0 Å². The fourth-order valence-electron chi connectivity index (χ4n) is 1.32. The first kappa shape index (κ1) is 15.8. The molecule has 0 aromatic carbocycles. The van der Waals surface area contributed by atoms with Gasteiger partial charge in [-0.3, -0.25) is 9.18 Å². The maximum atomic E-state index is 11.9. The van der Waals surface area contributed by atoms with Crippen LogP contribution in [0.1, 0.15) is 46.0 Å². The van der Waals surface area contributed by atoms with Gasteiger partial charge >= 0.3 is 5.97 Å². The second-order valence-electron chi connectivity index (χ2n) is 3.65. The summed E-state index contributed by atoms with van der Waals surface area (Å²) in [5.74, 6) is 0.734. The van der Waals surface area contributed by atoms with E-state index < -0.39 is 0 Å². The van der Waals surface area contributed by atoms with Crippen LogP contribution in [0.25, 0.3) is 0 Å². The molecular weight excluding hydrogens is 227 g/mol. The zero-order valence-corrected chi connectivity index (χ0v) is 11.2. The number of unbranched alkanes of at least 4 members (excludes halogenated alkanes) is 2. The number of halogens is 1. The van der Waals surface area contributed by atoms with Gasteiger partial charge in [0.15, 0.2) is 0 Å². The van der Waals surface area contributed by atoms with Gasteiger partial charge in [0, 0.05) is 0 Å². The van der Waals surface area contributed by atoms with Crippen molar-refractivity contribution in [2.45, 2.75) is 51.2 Å². The van der Waals surface area contributed by atoms with E-state index in [1.165, 1.54) is 0 Å². The van der Waals surface area contributed by atoms with E-state index in [1.54, 1.807) is 11.8 Å². The standard InChI is InChI=1S/C12H23FO2S/c1-3-5-8-11(12(14)15-4-2)16-10-7-6-9-13/h11H,3-10H2,1-2H3. The summed E-state index contributed by atoms with van der Waals surface area (Å²) >= 11 is 1.61. The lowest BCUT2D eigenvalue weighted by atomic mass is 10.2. The van der Waals surface area contributed by atoms with Crippen molar-refractivity contribution in [2.75, 3.05) is 19.0 Å². The van der Waals surface area contributed by atoms with Crippen LogP contribution in [0.3, 0.4) is 0 Å². The van der Waals surface area contributed by atoms with Crippen molar-refractivity contribution in [3.8, 4) is 0 Å². The molecule has 4 heteroatoms. The Morgan fingerprint density at radius 1 is 1.31 bits per heavy atom. The number of hydrogen-bond acceptors (Lipinski definition) is 3. The van der Waals surface area contributed by atoms with Gasteiger partial charge in [0.25, 0.3) is 0 Å². The van der Waals surface area contributed by atoms with E-state index in [2.05, 4.69) is 6.92 Å². The molecule has 0 aliphatic heterocycles. The van der Waals surface area contributed by atoms with Crippen LogP contribution in [0, 0.1) is 0 Å². The molecule has 0 aromatic rings. The maximum Gasteiger partial charge on any atom is 0.319 e. The van der Waals surface area contributed by atoms with Crippen molar-refractivity contribution in [1.29, 1.82) is 0 Å². The highest BCUT2D eigenvalue weighted by molar-refractivity contribution is 8.00. The molecule has 2 nitrogen and oxygen atoms in total. The topological polar surface area (TPSA) is 26.3 Å². The molecule has 0 aliphatic carbocycles. The number of rotatable bonds is 10. The number of thioether (sulfide) groups is 1. The molecule has 0 rings (SSSR count). The zero-order chi connectivity index (χ0) is 12.2.